The SMILES string of the molecule is COc1ccc(C)cc1NCC(=O)Nc1ccc2c(c1)OCO2. The van der Waals surface area contributed by atoms with Gasteiger partial charge < -0.3 is 24.8 Å². The third-order valence-electron chi connectivity index (χ3n) is 3.45. The molecule has 0 fully saturated rings. The summed E-state index contributed by atoms with van der Waals surface area (Å²) in [4.78, 5) is 12.1. The van der Waals surface area contributed by atoms with Crippen molar-refractivity contribution in [2.75, 3.05) is 31.1 Å². The minimum absolute atomic E-state index is 0.133. The average molecular weight is 314 g/mol. The molecule has 0 bridgehead atoms. The number of hydrogen-bond acceptors (Lipinski definition) is 5. The Hall–Kier alpha value is -2.89. The van der Waals surface area contributed by atoms with Crippen LogP contribution in [0.3, 0.4) is 0 Å². The number of anilines is 2. The van der Waals surface area contributed by atoms with E-state index in [0.29, 0.717) is 22.9 Å². The number of aryl methyl sites for hydroxylation is 1. The Labute approximate surface area is 134 Å². The van der Waals surface area contributed by atoms with E-state index in [9.17, 15) is 4.79 Å². The molecule has 1 aliphatic heterocycles. The molecule has 23 heavy (non-hydrogen) atoms. The fourth-order valence-electron chi connectivity index (χ4n) is 2.31. The number of benzene rings is 2. The van der Waals surface area contributed by atoms with Crippen molar-refractivity contribution in [1.82, 2.24) is 0 Å². The molecule has 2 N–H and O–H groups in total. The van der Waals surface area contributed by atoms with Crippen LogP contribution < -0.4 is 24.8 Å². The van der Waals surface area contributed by atoms with Crippen LogP contribution in [0.2, 0.25) is 0 Å². The van der Waals surface area contributed by atoms with Crippen LogP contribution in [0.4, 0.5) is 11.4 Å². The van der Waals surface area contributed by atoms with E-state index < -0.39 is 0 Å². The van der Waals surface area contributed by atoms with E-state index in [1.54, 1.807) is 25.3 Å². The summed E-state index contributed by atoms with van der Waals surface area (Å²) >= 11 is 0. The number of amides is 1. The zero-order valence-corrected chi connectivity index (χ0v) is 13.0. The van der Waals surface area contributed by atoms with Gasteiger partial charge in [-0.15, -0.1) is 0 Å². The van der Waals surface area contributed by atoms with Crippen LogP contribution in [0, 0.1) is 6.92 Å². The van der Waals surface area contributed by atoms with Gasteiger partial charge in [-0.25, -0.2) is 0 Å². The number of fused-ring (bicyclic) bond motifs is 1. The summed E-state index contributed by atoms with van der Waals surface area (Å²) in [6.45, 7) is 2.33. The summed E-state index contributed by atoms with van der Waals surface area (Å²) in [5, 5.41) is 5.90. The first-order chi connectivity index (χ1) is 11.2. The van der Waals surface area contributed by atoms with E-state index >= 15 is 0 Å². The monoisotopic (exact) mass is 314 g/mol. The van der Waals surface area contributed by atoms with Gasteiger partial charge in [-0.2, -0.15) is 0 Å². The van der Waals surface area contributed by atoms with Gasteiger partial charge in [-0.1, -0.05) is 6.07 Å². The first-order valence-electron chi connectivity index (χ1n) is 7.24. The summed E-state index contributed by atoms with van der Waals surface area (Å²) in [6, 6.07) is 11.1. The van der Waals surface area contributed by atoms with Crippen LogP contribution in [0.25, 0.3) is 0 Å². The number of nitrogens with one attached hydrogen (secondary N) is 2. The van der Waals surface area contributed by atoms with Gasteiger partial charge in [0.2, 0.25) is 12.7 Å². The topological polar surface area (TPSA) is 68.8 Å². The maximum absolute atomic E-state index is 12.1. The van der Waals surface area contributed by atoms with Crippen molar-refractivity contribution < 1.29 is 19.0 Å². The molecule has 0 saturated carbocycles. The van der Waals surface area contributed by atoms with Gasteiger partial charge in [0.15, 0.2) is 11.5 Å². The van der Waals surface area contributed by atoms with Gasteiger partial charge >= 0.3 is 0 Å². The van der Waals surface area contributed by atoms with Gasteiger partial charge in [-0.05, 0) is 36.8 Å². The highest BCUT2D eigenvalue weighted by atomic mass is 16.7. The van der Waals surface area contributed by atoms with Gasteiger partial charge in [0.25, 0.3) is 0 Å². The maximum atomic E-state index is 12.1. The van der Waals surface area contributed by atoms with Crippen molar-refractivity contribution in [3.8, 4) is 17.2 Å². The Morgan fingerprint density at radius 1 is 1.17 bits per heavy atom. The number of methoxy groups -OCH3 is 1. The van der Waals surface area contributed by atoms with Crippen molar-refractivity contribution >= 4 is 17.3 Å². The molecule has 2 aromatic carbocycles. The first kappa shape index (κ1) is 15.0. The Morgan fingerprint density at radius 2 is 2.00 bits per heavy atom. The normalized spacial score (nSPS) is 11.9. The van der Waals surface area contributed by atoms with Gasteiger partial charge in [0, 0.05) is 11.8 Å². The van der Waals surface area contributed by atoms with Crippen molar-refractivity contribution in [1.29, 1.82) is 0 Å². The van der Waals surface area contributed by atoms with E-state index in [0.717, 1.165) is 11.3 Å². The van der Waals surface area contributed by atoms with E-state index in [-0.39, 0.29) is 19.2 Å². The Morgan fingerprint density at radius 3 is 2.83 bits per heavy atom. The molecule has 0 atom stereocenters. The largest absolute Gasteiger partial charge is 0.495 e. The zero-order valence-electron chi connectivity index (χ0n) is 13.0. The van der Waals surface area contributed by atoms with Crippen LogP contribution >= 0.6 is 0 Å². The fourth-order valence-corrected chi connectivity index (χ4v) is 2.31. The number of ether oxygens (including phenoxy) is 3. The second-order valence-corrected chi connectivity index (χ2v) is 5.17. The lowest BCUT2D eigenvalue weighted by Gasteiger charge is -2.12. The van der Waals surface area contributed by atoms with Gasteiger partial charge in [0.05, 0.1) is 19.3 Å². The summed E-state index contributed by atoms with van der Waals surface area (Å²) < 4.78 is 15.8. The molecule has 1 amide bonds. The summed E-state index contributed by atoms with van der Waals surface area (Å²) in [5.74, 6) is 1.86. The lowest BCUT2D eigenvalue weighted by Crippen LogP contribution is -2.22. The number of carbonyl (C=O) groups excluding carboxylic acids is 1. The minimum atomic E-state index is -0.160. The van der Waals surface area contributed by atoms with E-state index in [2.05, 4.69) is 10.6 Å². The minimum Gasteiger partial charge on any atom is -0.495 e. The molecule has 0 aromatic heterocycles. The molecule has 0 radical (unpaired) electrons. The molecule has 1 heterocycles. The van der Waals surface area contributed by atoms with Crippen LogP contribution in [-0.4, -0.2) is 26.4 Å². The number of rotatable bonds is 5. The van der Waals surface area contributed by atoms with Gasteiger partial charge in [0.1, 0.15) is 5.75 Å². The molecule has 3 rings (SSSR count). The quantitative estimate of drug-likeness (QED) is 0.888. The lowest BCUT2D eigenvalue weighted by molar-refractivity contribution is -0.114. The van der Waals surface area contributed by atoms with E-state index in [1.165, 1.54) is 0 Å². The van der Waals surface area contributed by atoms with E-state index in [1.807, 2.05) is 25.1 Å². The van der Waals surface area contributed by atoms with Crippen molar-refractivity contribution in [2.45, 2.75) is 6.92 Å². The fraction of sp³-hybridized carbons (Fsp3) is 0.235. The highest BCUT2D eigenvalue weighted by Gasteiger charge is 2.14. The highest BCUT2D eigenvalue weighted by molar-refractivity contribution is 5.94. The summed E-state index contributed by atoms with van der Waals surface area (Å²) in [6.07, 6.45) is 0. The van der Waals surface area contributed by atoms with Crippen LogP contribution in [0.15, 0.2) is 36.4 Å². The predicted octanol–water partition coefficient (Wildman–Crippen LogP) is 2.78. The summed E-state index contributed by atoms with van der Waals surface area (Å²) in [5.41, 5.74) is 2.54. The smallest absolute Gasteiger partial charge is 0.243 e. The maximum Gasteiger partial charge on any atom is 0.243 e. The molecule has 0 saturated heterocycles. The third kappa shape index (κ3) is 3.48. The molecular weight excluding hydrogens is 296 g/mol. The van der Waals surface area contributed by atoms with Crippen LogP contribution in [0.5, 0.6) is 17.2 Å². The molecule has 120 valence electrons. The zero-order chi connectivity index (χ0) is 16.2. The van der Waals surface area contributed by atoms with E-state index in [4.69, 9.17) is 14.2 Å². The molecule has 0 aliphatic carbocycles. The Kier molecular flexibility index (Phi) is 4.23. The van der Waals surface area contributed by atoms with Crippen molar-refractivity contribution in [3.63, 3.8) is 0 Å². The average Bonchev–Trinajstić information content (AvgIpc) is 3.00. The highest BCUT2D eigenvalue weighted by Crippen LogP contribution is 2.34. The number of hydrogen-bond donors (Lipinski definition) is 2. The van der Waals surface area contributed by atoms with Gasteiger partial charge in [-0.3, -0.25) is 4.79 Å². The first-order valence-corrected chi connectivity index (χ1v) is 7.24. The molecule has 0 spiro atoms. The van der Waals surface area contributed by atoms with Crippen molar-refractivity contribution in [3.05, 3.63) is 42.0 Å². The van der Waals surface area contributed by atoms with Crippen molar-refractivity contribution in [2.24, 2.45) is 0 Å². The molecule has 1 aliphatic rings. The molecule has 2 aromatic rings. The summed E-state index contributed by atoms with van der Waals surface area (Å²) in [7, 11) is 1.60. The van der Waals surface area contributed by atoms with Crippen LogP contribution in [0.1, 0.15) is 5.56 Å². The molecule has 6 nitrogen and oxygen atoms in total. The third-order valence-corrected chi connectivity index (χ3v) is 3.45. The predicted molar refractivity (Wildman–Crippen MR) is 87.4 cm³/mol. The Bertz CT molecular complexity index is 731. The molecular formula is C17H18N2O4. The van der Waals surface area contributed by atoms with Crippen LogP contribution in [-0.2, 0) is 4.79 Å². The Balaban J connectivity index is 1.61. The standard InChI is InChI=1S/C17H18N2O4/c1-11-3-5-14(21-2)13(7-11)18-9-17(20)19-12-4-6-15-16(8-12)23-10-22-15/h3-8,18H,9-10H2,1-2H3,(H,19,20). The molecule has 0 unspecified atom stereocenters. The lowest BCUT2D eigenvalue weighted by atomic mass is 10.2. The second kappa shape index (κ2) is 6.48. The number of carbonyl (C=O) groups is 1. The molecule has 6 heteroatoms. The second-order valence-electron chi connectivity index (χ2n) is 5.17.